The Hall–Kier alpha value is -3.87. The number of halogens is 1. The third-order valence-electron chi connectivity index (χ3n) is 4.87. The van der Waals surface area contributed by atoms with Crippen LogP contribution in [0.5, 0.6) is 5.75 Å². The summed E-state index contributed by atoms with van der Waals surface area (Å²) in [6.45, 7) is 0.344. The van der Waals surface area contributed by atoms with E-state index in [9.17, 15) is 9.18 Å². The van der Waals surface area contributed by atoms with E-state index in [0.717, 1.165) is 16.8 Å². The van der Waals surface area contributed by atoms with Crippen LogP contribution < -0.4 is 10.1 Å². The molecule has 0 fully saturated rings. The molecule has 2 aromatic heterocycles. The van der Waals surface area contributed by atoms with Crippen molar-refractivity contribution in [3.63, 3.8) is 0 Å². The number of aryl methyl sites for hydroxylation is 1. The number of aromatic nitrogens is 2. The second-order valence-electron chi connectivity index (χ2n) is 7.02. The van der Waals surface area contributed by atoms with Crippen LogP contribution in [0.2, 0.25) is 0 Å². The number of benzene rings is 2. The molecule has 0 radical (unpaired) electrons. The zero-order valence-corrected chi connectivity index (χ0v) is 17.0. The molecule has 0 aliphatic rings. The molecule has 158 valence electrons. The van der Waals surface area contributed by atoms with Gasteiger partial charge in [-0.25, -0.2) is 9.07 Å². The number of carbonyl (C=O) groups excluding carboxylic acids is 1. The molecule has 0 aliphatic carbocycles. The van der Waals surface area contributed by atoms with Gasteiger partial charge in [-0.1, -0.05) is 18.2 Å². The third-order valence-corrected chi connectivity index (χ3v) is 4.87. The van der Waals surface area contributed by atoms with Gasteiger partial charge in [0.15, 0.2) is 0 Å². The molecule has 0 spiro atoms. The first-order valence-corrected chi connectivity index (χ1v) is 9.90. The van der Waals surface area contributed by atoms with E-state index in [-0.39, 0.29) is 18.1 Å². The lowest BCUT2D eigenvalue weighted by atomic mass is 10.0. The summed E-state index contributed by atoms with van der Waals surface area (Å²) in [5.41, 5.74) is 3.07. The number of amides is 1. The summed E-state index contributed by atoms with van der Waals surface area (Å²) in [7, 11) is 1.61. The zero-order valence-electron chi connectivity index (χ0n) is 17.0. The molecule has 2 heterocycles. The number of furan rings is 1. The molecule has 31 heavy (non-hydrogen) atoms. The highest BCUT2D eigenvalue weighted by molar-refractivity contribution is 5.76. The Kier molecular flexibility index (Phi) is 6.12. The maximum Gasteiger partial charge on any atom is 0.220 e. The smallest absolute Gasteiger partial charge is 0.220 e. The van der Waals surface area contributed by atoms with Gasteiger partial charge in [-0.05, 0) is 54.4 Å². The van der Waals surface area contributed by atoms with Crippen molar-refractivity contribution in [3.05, 3.63) is 90.3 Å². The first-order chi connectivity index (χ1) is 15.1. The summed E-state index contributed by atoms with van der Waals surface area (Å²) in [5.74, 6) is 0.977. The van der Waals surface area contributed by atoms with Gasteiger partial charge in [0.1, 0.15) is 17.3 Å². The van der Waals surface area contributed by atoms with Gasteiger partial charge in [0.05, 0.1) is 31.3 Å². The maximum absolute atomic E-state index is 13.7. The van der Waals surface area contributed by atoms with Gasteiger partial charge < -0.3 is 14.5 Å². The zero-order chi connectivity index (χ0) is 21.6. The largest absolute Gasteiger partial charge is 0.497 e. The van der Waals surface area contributed by atoms with E-state index in [0.29, 0.717) is 30.2 Å². The highest BCUT2D eigenvalue weighted by Gasteiger charge is 2.15. The van der Waals surface area contributed by atoms with Crippen molar-refractivity contribution in [1.82, 2.24) is 15.1 Å². The normalized spacial score (nSPS) is 10.8. The highest BCUT2D eigenvalue weighted by Crippen LogP contribution is 2.28. The summed E-state index contributed by atoms with van der Waals surface area (Å²) < 4.78 is 25.9. The molecule has 0 aliphatic heterocycles. The number of ether oxygens (including phenoxy) is 1. The average molecular weight is 419 g/mol. The SMILES string of the molecule is COc1cccc(-c2nn(-c3cccc(F)c3)cc2CCC(=O)NCc2ccco2)c1. The molecule has 0 atom stereocenters. The predicted molar refractivity (Wildman–Crippen MR) is 114 cm³/mol. The van der Waals surface area contributed by atoms with E-state index in [1.165, 1.54) is 12.1 Å². The second-order valence-corrected chi connectivity index (χ2v) is 7.02. The summed E-state index contributed by atoms with van der Waals surface area (Å²) in [6.07, 6.45) is 4.17. The van der Waals surface area contributed by atoms with Gasteiger partial charge >= 0.3 is 0 Å². The number of methoxy groups -OCH3 is 1. The molecule has 4 aromatic rings. The fraction of sp³-hybridized carbons (Fsp3) is 0.167. The third kappa shape index (κ3) is 5.01. The molecular formula is C24H22FN3O3. The molecule has 6 nitrogen and oxygen atoms in total. The van der Waals surface area contributed by atoms with E-state index in [1.54, 1.807) is 36.3 Å². The number of nitrogens with zero attached hydrogens (tertiary/aromatic N) is 2. The lowest BCUT2D eigenvalue weighted by Crippen LogP contribution is -2.22. The molecule has 0 saturated heterocycles. The van der Waals surface area contributed by atoms with Gasteiger partial charge in [0.25, 0.3) is 0 Å². The minimum absolute atomic E-state index is 0.0912. The Morgan fingerprint density at radius 2 is 2.03 bits per heavy atom. The van der Waals surface area contributed by atoms with Crippen molar-refractivity contribution >= 4 is 5.91 Å². The molecule has 1 amide bonds. The number of rotatable bonds is 8. The van der Waals surface area contributed by atoms with Crippen molar-refractivity contribution in [2.75, 3.05) is 7.11 Å². The first-order valence-electron chi connectivity index (χ1n) is 9.90. The van der Waals surface area contributed by atoms with Crippen molar-refractivity contribution in [2.45, 2.75) is 19.4 Å². The molecule has 4 rings (SSSR count). The fourth-order valence-electron chi connectivity index (χ4n) is 3.29. The summed E-state index contributed by atoms with van der Waals surface area (Å²) >= 11 is 0. The van der Waals surface area contributed by atoms with E-state index >= 15 is 0 Å². The number of carbonyl (C=O) groups is 1. The van der Waals surface area contributed by atoms with Gasteiger partial charge in [-0.3, -0.25) is 4.79 Å². The highest BCUT2D eigenvalue weighted by atomic mass is 19.1. The van der Waals surface area contributed by atoms with E-state index in [1.807, 2.05) is 36.5 Å². The van der Waals surface area contributed by atoms with Gasteiger partial charge in [0.2, 0.25) is 5.91 Å². The van der Waals surface area contributed by atoms with Crippen molar-refractivity contribution in [1.29, 1.82) is 0 Å². The molecule has 0 unspecified atom stereocenters. The minimum Gasteiger partial charge on any atom is -0.497 e. The quantitative estimate of drug-likeness (QED) is 0.456. The van der Waals surface area contributed by atoms with Gasteiger partial charge in [-0.15, -0.1) is 0 Å². The molecular weight excluding hydrogens is 397 g/mol. The number of nitrogens with one attached hydrogen (secondary N) is 1. The van der Waals surface area contributed by atoms with E-state index in [2.05, 4.69) is 10.4 Å². The standard InChI is InChI=1S/C24H22FN3O3/c1-30-21-8-2-5-17(13-21)24-18(10-11-23(29)26-15-22-9-4-12-31-22)16-28(27-24)20-7-3-6-19(25)14-20/h2-9,12-14,16H,10-11,15H2,1H3,(H,26,29). The minimum atomic E-state index is -0.338. The average Bonchev–Trinajstić information content (AvgIpc) is 3.46. The molecule has 0 saturated carbocycles. The van der Waals surface area contributed by atoms with Crippen LogP contribution in [0.4, 0.5) is 4.39 Å². The Morgan fingerprint density at radius 1 is 1.16 bits per heavy atom. The Morgan fingerprint density at radius 3 is 2.81 bits per heavy atom. The summed E-state index contributed by atoms with van der Waals surface area (Å²) in [4.78, 5) is 12.3. The van der Waals surface area contributed by atoms with Crippen LogP contribution in [0, 0.1) is 5.82 Å². The van der Waals surface area contributed by atoms with Crippen LogP contribution in [0.3, 0.4) is 0 Å². The monoisotopic (exact) mass is 419 g/mol. The molecule has 2 aromatic carbocycles. The van der Waals surface area contributed by atoms with Gasteiger partial charge in [-0.2, -0.15) is 5.10 Å². The lowest BCUT2D eigenvalue weighted by Gasteiger charge is -2.06. The van der Waals surface area contributed by atoms with Crippen molar-refractivity contribution in [2.24, 2.45) is 0 Å². The molecule has 7 heteroatoms. The van der Waals surface area contributed by atoms with Gasteiger partial charge in [0, 0.05) is 18.2 Å². The molecule has 1 N–H and O–H groups in total. The summed E-state index contributed by atoms with van der Waals surface area (Å²) in [6, 6.07) is 17.4. The number of hydrogen-bond donors (Lipinski definition) is 1. The first kappa shape index (κ1) is 20.4. The van der Waals surface area contributed by atoms with E-state index < -0.39 is 0 Å². The Bertz CT molecular complexity index is 1170. The number of hydrogen-bond acceptors (Lipinski definition) is 4. The fourth-order valence-corrected chi connectivity index (χ4v) is 3.29. The van der Waals surface area contributed by atoms with Crippen LogP contribution in [0.15, 0.2) is 77.5 Å². The lowest BCUT2D eigenvalue weighted by molar-refractivity contribution is -0.121. The van der Waals surface area contributed by atoms with Crippen LogP contribution >= 0.6 is 0 Å². The van der Waals surface area contributed by atoms with Crippen LogP contribution in [0.1, 0.15) is 17.7 Å². The van der Waals surface area contributed by atoms with Crippen molar-refractivity contribution < 1.29 is 18.3 Å². The maximum atomic E-state index is 13.7. The van der Waals surface area contributed by atoms with Crippen LogP contribution in [0.25, 0.3) is 16.9 Å². The summed E-state index contributed by atoms with van der Waals surface area (Å²) in [5, 5.41) is 7.53. The van der Waals surface area contributed by atoms with Crippen molar-refractivity contribution in [3.8, 4) is 22.7 Å². The topological polar surface area (TPSA) is 69.3 Å². The Labute approximate surface area is 179 Å². The Balaban J connectivity index is 1.57. The molecule has 0 bridgehead atoms. The second kappa shape index (κ2) is 9.30. The van der Waals surface area contributed by atoms with Crippen LogP contribution in [-0.4, -0.2) is 22.8 Å². The van der Waals surface area contributed by atoms with Crippen LogP contribution in [-0.2, 0) is 17.8 Å². The predicted octanol–water partition coefficient (Wildman–Crippen LogP) is 4.53. The van der Waals surface area contributed by atoms with E-state index in [4.69, 9.17) is 9.15 Å².